The molecule has 0 spiro atoms. The molecule has 1 heteroatoms. The lowest BCUT2D eigenvalue weighted by Crippen LogP contribution is -2.30. The molecule has 0 aliphatic carbocycles. The molecule has 0 aliphatic heterocycles. The molecule has 0 aromatic rings. The van der Waals surface area contributed by atoms with E-state index >= 15 is 0 Å². The molecule has 68 valence electrons. The summed E-state index contributed by atoms with van der Waals surface area (Å²) in [7, 11) is 0. The van der Waals surface area contributed by atoms with Gasteiger partial charge >= 0.3 is 0 Å². The first-order valence-corrected chi connectivity index (χ1v) is 4.56. The van der Waals surface area contributed by atoms with Crippen LogP contribution in [0.25, 0.3) is 0 Å². The van der Waals surface area contributed by atoms with E-state index in [0.29, 0.717) is 18.4 Å². The molecule has 1 N–H and O–H groups in total. The molecule has 1 atom stereocenters. The molecule has 0 bridgehead atoms. The lowest BCUT2D eigenvalue weighted by Gasteiger charge is -2.35. The number of hydrogen-bond donors (Lipinski definition) is 1. The van der Waals surface area contributed by atoms with E-state index in [9.17, 15) is 0 Å². The predicted octanol–water partition coefficient (Wildman–Crippen LogP) is 2.69. The number of aliphatic hydroxyl groups excluding tert-OH is 1. The molecule has 11 heavy (non-hydrogen) atoms. The van der Waals surface area contributed by atoms with Gasteiger partial charge in [0, 0.05) is 6.61 Å². The summed E-state index contributed by atoms with van der Waals surface area (Å²) in [6.07, 6.45) is 1.14. The largest absolute Gasteiger partial charge is 0.396 e. The van der Waals surface area contributed by atoms with Crippen molar-refractivity contribution in [3.05, 3.63) is 0 Å². The molecule has 0 radical (unpaired) electrons. The Morgan fingerprint density at radius 1 is 1.27 bits per heavy atom. The van der Waals surface area contributed by atoms with Gasteiger partial charge in [0.05, 0.1) is 0 Å². The molecule has 0 fully saturated rings. The Morgan fingerprint density at radius 3 is 1.82 bits per heavy atom. The van der Waals surface area contributed by atoms with Crippen molar-refractivity contribution in [2.45, 2.75) is 41.0 Å². The van der Waals surface area contributed by atoms with Crippen molar-refractivity contribution >= 4 is 0 Å². The Hall–Kier alpha value is -0.0400. The summed E-state index contributed by atoms with van der Waals surface area (Å²) >= 11 is 0. The number of aliphatic hydroxyl groups is 1. The second-order valence-corrected chi connectivity index (χ2v) is 4.38. The molecule has 0 amide bonds. The monoisotopic (exact) mass is 158 g/mol. The molecule has 0 aromatic heterocycles. The Labute approximate surface area is 70.8 Å². The zero-order chi connectivity index (χ0) is 9.07. The fourth-order valence-electron chi connectivity index (χ4n) is 1.62. The summed E-state index contributed by atoms with van der Waals surface area (Å²) in [4.78, 5) is 0. The highest BCUT2D eigenvalue weighted by molar-refractivity contribution is 4.78. The molecule has 0 aromatic carbocycles. The highest BCUT2D eigenvalue weighted by Gasteiger charge is 2.29. The van der Waals surface area contributed by atoms with E-state index in [1.807, 2.05) is 0 Å². The molecular weight excluding hydrogens is 136 g/mol. The molecule has 0 unspecified atom stereocenters. The summed E-state index contributed by atoms with van der Waals surface area (Å²) in [6, 6.07) is 0. The summed E-state index contributed by atoms with van der Waals surface area (Å²) < 4.78 is 0. The van der Waals surface area contributed by atoms with E-state index < -0.39 is 0 Å². The van der Waals surface area contributed by atoms with Crippen molar-refractivity contribution in [3.63, 3.8) is 0 Å². The van der Waals surface area contributed by atoms with E-state index in [0.717, 1.165) is 6.42 Å². The quantitative estimate of drug-likeness (QED) is 0.667. The standard InChI is InChI=1S/C10H22O/c1-6-10(4,5)9(7-11)8(2)3/h8-9,11H,6-7H2,1-5H3/t9-/m1/s1. The third-order valence-electron chi connectivity index (χ3n) is 2.92. The van der Waals surface area contributed by atoms with E-state index in [2.05, 4.69) is 34.6 Å². The lowest BCUT2D eigenvalue weighted by atomic mass is 9.72. The minimum atomic E-state index is 0.281. The van der Waals surface area contributed by atoms with Crippen LogP contribution in [-0.2, 0) is 0 Å². The first-order chi connectivity index (χ1) is 4.95. The molecule has 0 saturated heterocycles. The first kappa shape index (κ1) is 11.0. The van der Waals surface area contributed by atoms with E-state index in [4.69, 9.17) is 5.11 Å². The Balaban J connectivity index is 4.23. The van der Waals surface area contributed by atoms with Gasteiger partial charge in [0.15, 0.2) is 0 Å². The normalized spacial score (nSPS) is 15.5. The zero-order valence-electron chi connectivity index (χ0n) is 8.52. The lowest BCUT2D eigenvalue weighted by molar-refractivity contribution is 0.0760. The number of hydrogen-bond acceptors (Lipinski definition) is 1. The van der Waals surface area contributed by atoms with Gasteiger partial charge in [0.25, 0.3) is 0 Å². The third-order valence-corrected chi connectivity index (χ3v) is 2.92. The molecule has 0 heterocycles. The van der Waals surface area contributed by atoms with E-state index in [1.54, 1.807) is 0 Å². The minimum absolute atomic E-state index is 0.281. The summed E-state index contributed by atoms with van der Waals surface area (Å²) in [5, 5.41) is 9.16. The SMILES string of the molecule is CCC(C)(C)[C@H](CO)C(C)C. The van der Waals surface area contributed by atoms with Crippen LogP contribution < -0.4 is 0 Å². The first-order valence-electron chi connectivity index (χ1n) is 4.56. The van der Waals surface area contributed by atoms with Gasteiger partial charge in [-0.05, 0) is 17.3 Å². The van der Waals surface area contributed by atoms with Gasteiger partial charge in [-0.15, -0.1) is 0 Å². The molecule has 0 aliphatic rings. The van der Waals surface area contributed by atoms with Gasteiger partial charge < -0.3 is 5.11 Å². The van der Waals surface area contributed by atoms with Crippen molar-refractivity contribution in [2.24, 2.45) is 17.3 Å². The van der Waals surface area contributed by atoms with Crippen molar-refractivity contribution in [3.8, 4) is 0 Å². The van der Waals surface area contributed by atoms with Crippen LogP contribution in [0.3, 0.4) is 0 Å². The van der Waals surface area contributed by atoms with Crippen molar-refractivity contribution in [1.82, 2.24) is 0 Å². The van der Waals surface area contributed by atoms with Crippen LogP contribution in [0.5, 0.6) is 0 Å². The summed E-state index contributed by atoms with van der Waals surface area (Å²) in [5.74, 6) is 1.02. The van der Waals surface area contributed by atoms with E-state index in [-0.39, 0.29) is 5.41 Å². The summed E-state index contributed by atoms with van der Waals surface area (Å²) in [5.41, 5.74) is 0.281. The summed E-state index contributed by atoms with van der Waals surface area (Å²) in [6.45, 7) is 11.3. The maximum absolute atomic E-state index is 9.16. The van der Waals surface area contributed by atoms with Gasteiger partial charge in [-0.25, -0.2) is 0 Å². The predicted molar refractivity (Wildman–Crippen MR) is 49.5 cm³/mol. The van der Waals surface area contributed by atoms with Gasteiger partial charge in [-0.3, -0.25) is 0 Å². The maximum Gasteiger partial charge on any atom is 0.0466 e. The average Bonchev–Trinajstić information content (AvgIpc) is 1.88. The third kappa shape index (κ3) is 2.82. The Kier molecular flexibility index (Phi) is 4.09. The van der Waals surface area contributed by atoms with Crippen LogP contribution in [0.15, 0.2) is 0 Å². The Bertz CT molecular complexity index is 105. The van der Waals surface area contributed by atoms with Gasteiger partial charge in [-0.2, -0.15) is 0 Å². The maximum atomic E-state index is 9.16. The molecule has 0 saturated carbocycles. The fraction of sp³-hybridized carbons (Fsp3) is 1.00. The Morgan fingerprint density at radius 2 is 1.73 bits per heavy atom. The second kappa shape index (κ2) is 4.10. The number of rotatable bonds is 4. The average molecular weight is 158 g/mol. The van der Waals surface area contributed by atoms with Crippen molar-refractivity contribution < 1.29 is 5.11 Å². The van der Waals surface area contributed by atoms with Crippen LogP contribution in [0, 0.1) is 17.3 Å². The van der Waals surface area contributed by atoms with Gasteiger partial charge in [0.1, 0.15) is 0 Å². The van der Waals surface area contributed by atoms with Crippen LogP contribution >= 0.6 is 0 Å². The van der Waals surface area contributed by atoms with Gasteiger partial charge in [0.2, 0.25) is 0 Å². The molecular formula is C10H22O. The van der Waals surface area contributed by atoms with Crippen LogP contribution in [-0.4, -0.2) is 11.7 Å². The second-order valence-electron chi connectivity index (χ2n) is 4.38. The smallest absolute Gasteiger partial charge is 0.0466 e. The zero-order valence-corrected chi connectivity index (χ0v) is 8.52. The van der Waals surface area contributed by atoms with Crippen LogP contribution in [0.1, 0.15) is 41.0 Å². The fourth-order valence-corrected chi connectivity index (χ4v) is 1.62. The van der Waals surface area contributed by atoms with E-state index in [1.165, 1.54) is 0 Å². The van der Waals surface area contributed by atoms with Crippen LogP contribution in [0.4, 0.5) is 0 Å². The molecule has 1 nitrogen and oxygen atoms in total. The highest BCUT2D eigenvalue weighted by Crippen LogP contribution is 2.34. The van der Waals surface area contributed by atoms with Crippen molar-refractivity contribution in [1.29, 1.82) is 0 Å². The highest BCUT2D eigenvalue weighted by atomic mass is 16.3. The minimum Gasteiger partial charge on any atom is -0.396 e. The van der Waals surface area contributed by atoms with Gasteiger partial charge in [-0.1, -0.05) is 41.0 Å². The topological polar surface area (TPSA) is 20.2 Å². The molecule has 0 rings (SSSR count). The van der Waals surface area contributed by atoms with Crippen molar-refractivity contribution in [2.75, 3.05) is 6.61 Å². The van der Waals surface area contributed by atoms with Crippen LogP contribution in [0.2, 0.25) is 0 Å².